The lowest BCUT2D eigenvalue weighted by Crippen LogP contribution is -2.39. The second-order valence-corrected chi connectivity index (χ2v) is 4.93. The van der Waals surface area contributed by atoms with Crippen LogP contribution in [-0.4, -0.2) is 29.3 Å². The fourth-order valence-corrected chi connectivity index (χ4v) is 2.16. The molecule has 0 N–H and O–H groups in total. The maximum atomic E-state index is 12.5. The first-order chi connectivity index (χ1) is 7.99. The normalized spacial score (nSPS) is 10.7. The van der Waals surface area contributed by atoms with Gasteiger partial charge in [-0.25, -0.2) is 0 Å². The highest BCUT2D eigenvalue weighted by molar-refractivity contribution is 6.18. The van der Waals surface area contributed by atoms with E-state index in [0.29, 0.717) is 12.4 Å². The van der Waals surface area contributed by atoms with Gasteiger partial charge in [-0.05, 0) is 38.8 Å². The van der Waals surface area contributed by atoms with Crippen LogP contribution in [0.5, 0.6) is 0 Å². The van der Waals surface area contributed by atoms with Gasteiger partial charge >= 0.3 is 0 Å². The maximum absolute atomic E-state index is 12.5. The lowest BCUT2D eigenvalue weighted by molar-refractivity contribution is 0.0717. The molecule has 0 spiro atoms. The lowest BCUT2D eigenvalue weighted by Gasteiger charge is -2.27. The molecule has 1 amide bonds. The number of rotatable bonds is 4. The van der Waals surface area contributed by atoms with Crippen molar-refractivity contribution in [3.05, 3.63) is 34.9 Å². The zero-order valence-electron chi connectivity index (χ0n) is 11.0. The molecular weight excluding hydrogens is 234 g/mol. The summed E-state index contributed by atoms with van der Waals surface area (Å²) < 4.78 is 0. The van der Waals surface area contributed by atoms with Gasteiger partial charge in [0.25, 0.3) is 5.91 Å². The molecule has 0 bridgehead atoms. The first-order valence-electron chi connectivity index (χ1n) is 5.92. The molecule has 1 aromatic rings. The molecule has 0 saturated carbocycles. The molecule has 0 aliphatic heterocycles. The number of carbonyl (C=O) groups is 1. The largest absolute Gasteiger partial charge is 0.335 e. The molecule has 17 heavy (non-hydrogen) atoms. The summed E-state index contributed by atoms with van der Waals surface area (Å²) in [4.78, 5) is 14.3. The van der Waals surface area contributed by atoms with Crippen LogP contribution in [0.1, 0.15) is 35.3 Å². The number of carbonyl (C=O) groups excluding carboxylic acids is 1. The third-order valence-corrected chi connectivity index (χ3v) is 3.07. The molecule has 0 aliphatic rings. The van der Waals surface area contributed by atoms with Gasteiger partial charge in [0.05, 0.1) is 0 Å². The van der Waals surface area contributed by atoms with Crippen molar-refractivity contribution in [2.75, 3.05) is 12.4 Å². The fourth-order valence-electron chi connectivity index (χ4n) is 1.98. The summed E-state index contributed by atoms with van der Waals surface area (Å²) in [6.07, 6.45) is 0. The summed E-state index contributed by atoms with van der Waals surface area (Å²) in [7, 11) is 0. The molecule has 3 heteroatoms. The van der Waals surface area contributed by atoms with Gasteiger partial charge in [-0.15, -0.1) is 11.6 Å². The van der Waals surface area contributed by atoms with E-state index in [2.05, 4.69) is 0 Å². The molecular formula is C14H20ClNO. The highest BCUT2D eigenvalue weighted by atomic mass is 35.5. The molecule has 0 radical (unpaired) electrons. The Morgan fingerprint density at radius 1 is 1.29 bits per heavy atom. The Labute approximate surface area is 109 Å². The van der Waals surface area contributed by atoms with Crippen LogP contribution < -0.4 is 0 Å². The van der Waals surface area contributed by atoms with E-state index in [-0.39, 0.29) is 11.9 Å². The monoisotopic (exact) mass is 253 g/mol. The van der Waals surface area contributed by atoms with Crippen molar-refractivity contribution in [3.8, 4) is 0 Å². The molecule has 0 saturated heterocycles. The number of aryl methyl sites for hydroxylation is 2. The Kier molecular flexibility index (Phi) is 5.01. The Morgan fingerprint density at radius 3 is 2.24 bits per heavy atom. The fraction of sp³-hybridized carbons (Fsp3) is 0.500. The molecule has 0 fully saturated rings. The van der Waals surface area contributed by atoms with E-state index < -0.39 is 0 Å². The third-order valence-electron chi connectivity index (χ3n) is 2.90. The average molecular weight is 254 g/mol. The minimum Gasteiger partial charge on any atom is -0.335 e. The van der Waals surface area contributed by atoms with Crippen LogP contribution in [0.25, 0.3) is 0 Å². The van der Waals surface area contributed by atoms with Gasteiger partial charge in [-0.2, -0.15) is 0 Å². The van der Waals surface area contributed by atoms with Crippen LogP contribution >= 0.6 is 11.6 Å². The minimum atomic E-state index is 0.0799. The maximum Gasteiger partial charge on any atom is 0.254 e. The van der Waals surface area contributed by atoms with Crippen LogP contribution in [0.15, 0.2) is 18.2 Å². The lowest BCUT2D eigenvalue weighted by atomic mass is 10.0. The van der Waals surface area contributed by atoms with Crippen LogP contribution in [-0.2, 0) is 0 Å². The molecule has 0 aromatic heterocycles. The second-order valence-electron chi connectivity index (χ2n) is 4.55. The van der Waals surface area contributed by atoms with Crippen molar-refractivity contribution in [3.63, 3.8) is 0 Å². The van der Waals surface area contributed by atoms with E-state index in [1.807, 2.05) is 50.8 Å². The summed E-state index contributed by atoms with van der Waals surface area (Å²) in [5, 5.41) is 0. The van der Waals surface area contributed by atoms with Crippen LogP contribution in [0.4, 0.5) is 0 Å². The van der Waals surface area contributed by atoms with Crippen LogP contribution in [0.3, 0.4) is 0 Å². The number of alkyl halides is 1. The highest BCUT2D eigenvalue weighted by Gasteiger charge is 2.20. The third kappa shape index (κ3) is 3.22. The molecule has 2 nitrogen and oxygen atoms in total. The number of hydrogen-bond acceptors (Lipinski definition) is 1. The van der Waals surface area contributed by atoms with Gasteiger partial charge in [-0.1, -0.05) is 18.2 Å². The number of halogens is 1. The second kappa shape index (κ2) is 6.06. The number of amides is 1. The van der Waals surface area contributed by atoms with E-state index in [1.54, 1.807) is 0 Å². The topological polar surface area (TPSA) is 20.3 Å². The quantitative estimate of drug-likeness (QED) is 0.754. The summed E-state index contributed by atoms with van der Waals surface area (Å²) in [6, 6.07) is 6.09. The van der Waals surface area contributed by atoms with Gasteiger partial charge in [0, 0.05) is 24.0 Å². The number of hydrogen-bond donors (Lipinski definition) is 0. The first kappa shape index (κ1) is 14.0. The van der Waals surface area contributed by atoms with Crippen molar-refractivity contribution in [1.29, 1.82) is 0 Å². The van der Waals surface area contributed by atoms with Crippen LogP contribution in [0, 0.1) is 13.8 Å². The molecule has 0 atom stereocenters. The summed E-state index contributed by atoms with van der Waals surface area (Å²) in [5.41, 5.74) is 2.86. The molecule has 0 unspecified atom stereocenters. The van der Waals surface area contributed by atoms with Gasteiger partial charge in [0.1, 0.15) is 0 Å². The predicted octanol–water partition coefficient (Wildman–Crippen LogP) is 3.39. The van der Waals surface area contributed by atoms with E-state index in [9.17, 15) is 4.79 Å². The van der Waals surface area contributed by atoms with Gasteiger partial charge in [-0.3, -0.25) is 4.79 Å². The predicted molar refractivity (Wildman–Crippen MR) is 72.8 cm³/mol. The Morgan fingerprint density at radius 2 is 1.82 bits per heavy atom. The smallest absolute Gasteiger partial charge is 0.254 e. The van der Waals surface area contributed by atoms with E-state index in [1.165, 1.54) is 0 Å². The van der Waals surface area contributed by atoms with Crippen molar-refractivity contribution in [2.45, 2.75) is 33.7 Å². The summed E-state index contributed by atoms with van der Waals surface area (Å²) in [6.45, 7) is 8.56. The SMILES string of the molecule is Cc1cccc(C)c1C(=O)N(CCCl)C(C)C. The van der Waals surface area contributed by atoms with Crippen molar-refractivity contribution in [1.82, 2.24) is 4.90 Å². The molecule has 1 rings (SSSR count). The minimum absolute atomic E-state index is 0.0799. The van der Waals surface area contributed by atoms with Gasteiger partial charge < -0.3 is 4.90 Å². The number of benzene rings is 1. The summed E-state index contributed by atoms with van der Waals surface area (Å²) in [5.74, 6) is 0.547. The Balaban J connectivity index is 3.09. The molecule has 94 valence electrons. The van der Waals surface area contributed by atoms with E-state index >= 15 is 0 Å². The van der Waals surface area contributed by atoms with Gasteiger partial charge in [0.15, 0.2) is 0 Å². The van der Waals surface area contributed by atoms with Crippen molar-refractivity contribution >= 4 is 17.5 Å². The van der Waals surface area contributed by atoms with Crippen molar-refractivity contribution in [2.24, 2.45) is 0 Å². The Hall–Kier alpha value is -1.02. The van der Waals surface area contributed by atoms with Gasteiger partial charge in [0.2, 0.25) is 0 Å². The van der Waals surface area contributed by atoms with Crippen LogP contribution in [0.2, 0.25) is 0 Å². The van der Waals surface area contributed by atoms with E-state index in [4.69, 9.17) is 11.6 Å². The highest BCUT2D eigenvalue weighted by Crippen LogP contribution is 2.17. The summed E-state index contributed by atoms with van der Waals surface area (Å²) >= 11 is 5.76. The molecule has 0 aliphatic carbocycles. The average Bonchev–Trinajstić information content (AvgIpc) is 2.24. The van der Waals surface area contributed by atoms with Crippen molar-refractivity contribution < 1.29 is 4.79 Å². The first-order valence-corrected chi connectivity index (χ1v) is 6.45. The Bertz CT molecular complexity index is 381. The van der Waals surface area contributed by atoms with E-state index in [0.717, 1.165) is 16.7 Å². The zero-order valence-corrected chi connectivity index (χ0v) is 11.7. The standard InChI is InChI=1S/C14H20ClNO/c1-10(2)16(9-8-15)14(17)13-11(3)6-5-7-12(13)4/h5-7,10H,8-9H2,1-4H3. The zero-order chi connectivity index (χ0) is 13.0. The molecule has 0 heterocycles. The molecule has 1 aromatic carbocycles. The number of nitrogens with zero attached hydrogens (tertiary/aromatic N) is 1.